The smallest absolute Gasteiger partial charge is 0.0702 e. The molecule has 0 aliphatic carbocycles. The van der Waals surface area contributed by atoms with E-state index in [1.165, 1.54) is 32.2 Å². The second-order valence-corrected chi connectivity index (χ2v) is 5.78. The predicted octanol–water partition coefficient (Wildman–Crippen LogP) is 1.65. The summed E-state index contributed by atoms with van der Waals surface area (Å²) in [4.78, 5) is 2.55. The summed E-state index contributed by atoms with van der Waals surface area (Å²) >= 11 is 0. The molecule has 0 saturated carbocycles. The van der Waals surface area contributed by atoms with Crippen LogP contribution in [0, 0.1) is 0 Å². The third-order valence-corrected chi connectivity index (χ3v) is 4.10. The van der Waals surface area contributed by atoms with Crippen LogP contribution in [-0.2, 0) is 9.47 Å². The van der Waals surface area contributed by atoms with Crippen molar-refractivity contribution in [2.75, 3.05) is 46.0 Å². The molecule has 0 aromatic heterocycles. The Morgan fingerprint density at radius 2 is 2.11 bits per heavy atom. The summed E-state index contributed by atoms with van der Waals surface area (Å²) in [7, 11) is 0. The Bertz CT molecular complexity index is 232. The van der Waals surface area contributed by atoms with Crippen molar-refractivity contribution in [3.63, 3.8) is 0 Å². The Labute approximate surface area is 117 Å². The maximum atomic E-state index is 5.88. The molecule has 2 fully saturated rings. The van der Waals surface area contributed by atoms with Gasteiger partial charge in [0.05, 0.1) is 6.10 Å². The second kappa shape index (κ2) is 8.90. The van der Waals surface area contributed by atoms with Crippen LogP contribution in [0.3, 0.4) is 0 Å². The number of rotatable bonds is 7. The number of hydrogen-bond acceptors (Lipinski definition) is 4. The molecule has 0 spiro atoms. The highest BCUT2D eigenvalue weighted by Gasteiger charge is 2.20. The van der Waals surface area contributed by atoms with Gasteiger partial charge in [-0.2, -0.15) is 0 Å². The third kappa shape index (κ3) is 5.78. The van der Waals surface area contributed by atoms with Crippen molar-refractivity contribution < 1.29 is 9.47 Å². The summed E-state index contributed by atoms with van der Waals surface area (Å²) in [6.07, 6.45) is 6.46. The van der Waals surface area contributed by atoms with E-state index in [9.17, 15) is 0 Å². The maximum absolute atomic E-state index is 5.88. The first-order valence-electron chi connectivity index (χ1n) is 8.03. The van der Waals surface area contributed by atoms with Crippen LogP contribution in [0.4, 0.5) is 0 Å². The van der Waals surface area contributed by atoms with Crippen LogP contribution in [0.25, 0.3) is 0 Å². The lowest BCUT2D eigenvalue weighted by atomic mass is 10.1. The zero-order valence-electron chi connectivity index (χ0n) is 12.4. The molecule has 1 N–H and O–H groups in total. The van der Waals surface area contributed by atoms with Crippen molar-refractivity contribution in [3.8, 4) is 0 Å². The first-order valence-corrected chi connectivity index (χ1v) is 8.03. The molecule has 2 aliphatic rings. The summed E-state index contributed by atoms with van der Waals surface area (Å²) in [6, 6.07) is 0.672. The molecule has 0 aromatic carbocycles. The zero-order valence-corrected chi connectivity index (χ0v) is 12.4. The molecule has 19 heavy (non-hydrogen) atoms. The number of hydrogen-bond donors (Lipinski definition) is 1. The number of ether oxygens (including phenoxy) is 2. The van der Waals surface area contributed by atoms with Gasteiger partial charge in [-0.3, -0.25) is 4.90 Å². The minimum atomic E-state index is 0.469. The van der Waals surface area contributed by atoms with Crippen molar-refractivity contribution in [2.45, 2.75) is 51.2 Å². The fraction of sp³-hybridized carbons (Fsp3) is 1.00. The summed E-state index contributed by atoms with van der Waals surface area (Å²) in [6.45, 7) is 9.56. The van der Waals surface area contributed by atoms with Crippen molar-refractivity contribution in [1.82, 2.24) is 10.2 Å². The van der Waals surface area contributed by atoms with Crippen LogP contribution >= 0.6 is 0 Å². The highest BCUT2D eigenvalue weighted by Crippen LogP contribution is 2.13. The molecule has 0 aromatic rings. The Morgan fingerprint density at radius 3 is 2.89 bits per heavy atom. The minimum absolute atomic E-state index is 0.469. The van der Waals surface area contributed by atoms with Crippen molar-refractivity contribution >= 4 is 0 Å². The highest BCUT2D eigenvalue weighted by molar-refractivity contribution is 4.75. The van der Waals surface area contributed by atoms with E-state index in [0.29, 0.717) is 12.1 Å². The first kappa shape index (κ1) is 15.2. The molecule has 2 aliphatic heterocycles. The summed E-state index contributed by atoms with van der Waals surface area (Å²) in [5.74, 6) is 0. The molecule has 2 rings (SSSR count). The van der Waals surface area contributed by atoms with Gasteiger partial charge in [0.2, 0.25) is 0 Å². The van der Waals surface area contributed by atoms with Crippen LogP contribution < -0.4 is 5.32 Å². The standard InChI is InChI=1S/C15H30N2O2/c1-2-10-19-15-4-3-8-17(13-15)9-7-16-14-5-11-18-12-6-14/h14-16H,2-13H2,1H3. The number of piperidine rings is 1. The van der Waals surface area contributed by atoms with E-state index in [1.54, 1.807) is 0 Å². The van der Waals surface area contributed by atoms with Gasteiger partial charge in [-0.25, -0.2) is 0 Å². The van der Waals surface area contributed by atoms with Gasteiger partial charge in [0.15, 0.2) is 0 Å². The zero-order chi connectivity index (χ0) is 13.3. The molecule has 0 radical (unpaired) electrons. The number of likely N-dealkylation sites (tertiary alicyclic amines) is 1. The van der Waals surface area contributed by atoms with Gasteiger partial charge in [-0.05, 0) is 38.6 Å². The highest BCUT2D eigenvalue weighted by atomic mass is 16.5. The van der Waals surface area contributed by atoms with Gasteiger partial charge in [0.1, 0.15) is 0 Å². The van der Waals surface area contributed by atoms with Crippen molar-refractivity contribution in [1.29, 1.82) is 0 Å². The monoisotopic (exact) mass is 270 g/mol. The molecular weight excluding hydrogens is 240 g/mol. The Kier molecular flexibility index (Phi) is 7.14. The molecular formula is C15H30N2O2. The lowest BCUT2D eigenvalue weighted by Crippen LogP contribution is -2.45. The van der Waals surface area contributed by atoms with Crippen LogP contribution in [0.15, 0.2) is 0 Å². The molecule has 2 heterocycles. The fourth-order valence-corrected chi connectivity index (χ4v) is 2.97. The first-order chi connectivity index (χ1) is 9.38. The summed E-state index contributed by atoms with van der Waals surface area (Å²) < 4.78 is 11.3. The van der Waals surface area contributed by atoms with Gasteiger partial charge < -0.3 is 14.8 Å². The number of nitrogens with one attached hydrogen (secondary N) is 1. The van der Waals surface area contributed by atoms with Gasteiger partial charge >= 0.3 is 0 Å². The molecule has 4 heteroatoms. The molecule has 1 atom stereocenters. The average Bonchev–Trinajstić information content (AvgIpc) is 2.47. The van der Waals surface area contributed by atoms with Gasteiger partial charge in [0, 0.05) is 45.5 Å². The predicted molar refractivity (Wildman–Crippen MR) is 77.5 cm³/mol. The normalized spacial score (nSPS) is 26.7. The summed E-state index contributed by atoms with van der Waals surface area (Å²) in [5.41, 5.74) is 0. The topological polar surface area (TPSA) is 33.7 Å². The minimum Gasteiger partial charge on any atom is -0.381 e. The van der Waals surface area contributed by atoms with Crippen LogP contribution in [0.1, 0.15) is 39.0 Å². The van der Waals surface area contributed by atoms with E-state index in [-0.39, 0.29) is 0 Å². The Hall–Kier alpha value is -0.160. The molecule has 1 unspecified atom stereocenters. The van der Waals surface area contributed by atoms with Crippen molar-refractivity contribution in [2.24, 2.45) is 0 Å². The van der Waals surface area contributed by atoms with Gasteiger partial charge in [0.25, 0.3) is 0 Å². The van der Waals surface area contributed by atoms with Crippen LogP contribution in [0.2, 0.25) is 0 Å². The molecule has 4 nitrogen and oxygen atoms in total. The molecule has 2 saturated heterocycles. The molecule has 0 amide bonds. The third-order valence-electron chi connectivity index (χ3n) is 4.10. The van der Waals surface area contributed by atoms with E-state index >= 15 is 0 Å². The van der Waals surface area contributed by atoms with Gasteiger partial charge in [-0.15, -0.1) is 0 Å². The van der Waals surface area contributed by atoms with Crippen molar-refractivity contribution in [3.05, 3.63) is 0 Å². The SMILES string of the molecule is CCCOC1CCCN(CCNC2CCOCC2)C1. The average molecular weight is 270 g/mol. The maximum Gasteiger partial charge on any atom is 0.0702 e. The Balaban J connectivity index is 1.56. The largest absolute Gasteiger partial charge is 0.381 e. The fourth-order valence-electron chi connectivity index (χ4n) is 2.97. The second-order valence-electron chi connectivity index (χ2n) is 5.78. The number of nitrogens with zero attached hydrogens (tertiary/aromatic N) is 1. The Morgan fingerprint density at radius 1 is 1.26 bits per heavy atom. The van der Waals surface area contributed by atoms with E-state index < -0.39 is 0 Å². The van der Waals surface area contributed by atoms with Crippen LogP contribution in [0.5, 0.6) is 0 Å². The molecule has 112 valence electrons. The van der Waals surface area contributed by atoms with E-state index in [0.717, 1.165) is 45.9 Å². The lowest BCUT2D eigenvalue weighted by molar-refractivity contribution is -0.000149. The summed E-state index contributed by atoms with van der Waals surface area (Å²) in [5, 5.41) is 3.66. The van der Waals surface area contributed by atoms with E-state index in [4.69, 9.17) is 9.47 Å². The van der Waals surface area contributed by atoms with E-state index in [2.05, 4.69) is 17.1 Å². The quantitative estimate of drug-likeness (QED) is 0.762. The lowest BCUT2D eigenvalue weighted by Gasteiger charge is -2.33. The van der Waals surface area contributed by atoms with E-state index in [1.807, 2.05) is 0 Å². The van der Waals surface area contributed by atoms with Gasteiger partial charge in [-0.1, -0.05) is 6.92 Å². The molecule has 0 bridgehead atoms. The van der Waals surface area contributed by atoms with Crippen LogP contribution in [-0.4, -0.2) is 63.0 Å².